The molecule has 0 atom stereocenters. The topological polar surface area (TPSA) is 72.7 Å². The molecule has 0 saturated heterocycles. The predicted octanol–water partition coefficient (Wildman–Crippen LogP) is 0.487. The van der Waals surface area contributed by atoms with Gasteiger partial charge in [0.15, 0.2) is 0 Å². The Bertz CT molecular complexity index is 632. The average Bonchev–Trinajstić information content (AvgIpc) is 2.62. The predicted molar refractivity (Wildman–Crippen MR) is 60.7 cm³/mol. The van der Waals surface area contributed by atoms with Gasteiger partial charge in [0.25, 0.3) is 5.56 Å². The molecule has 0 spiro atoms. The number of hydrogen-bond acceptors (Lipinski definition) is 3. The molecular weight excluding hydrogens is 208 g/mol. The highest BCUT2D eigenvalue weighted by atomic mass is 16.2. The molecule has 0 saturated carbocycles. The molecule has 6 heteroatoms. The molecule has 86 valence electrons. The van der Waals surface area contributed by atoms with Gasteiger partial charge >= 0.3 is 5.69 Å². The summed E-state index contributed by atoms with van der Waals surface area (Å²) in [5.74, 6) is 0. The van der Waals surface area contributed by atoms with Crippen molar-refractivity contribution >= 4 is 11.0 Å². The number of fused-ring (bicyclic) bond motifs is 1. The van der Waals surface area contributed by atoms with E-state index >= 15 is 0 Å². The summed E-state index contributed by atoms with van der Waals surface area (Å²) in [4.78, 5) is 26.2. The molecule has 1 N–H and O–H groups in total. The SMILES string of the molecule is CCn1c(=O)[nH]c2c(cnn2C(C)C)c1=O. The van der Waals surface area contributed by atoms with Gasteiger partial charge in [-0.1, -0.05) is 0 Å². The summed E-state index contributed by atoms with van der Waals surface area (Å²) in [6, 6.07) is 0.102. The van der Waals surface area contributed by atoms with Crippen molar-refractivity contribution in [1.29, 1.82) is 0 Å². The highest BCUT2D eigenvalue weighted by Crippen LogP contribution is 2.10. The lowest BCUT2D eigenvalue weighted by atomic mass is 10.4. The van der Waals surface area contributed by atoms with E-state index in [1.165, 1.54) is 6.20 Å². The van der Waals surface area contributed by atoms with E-state index in [0.717, 1.165) is 4.57 Å². The van der Waals surface area contributed by atoms with E-state index in [1.54, 1.807) is 11.6 Å². The van der Waals surface area contributed by atoms with Gasteiger partial charge in [0.2, 0.25) is 0 Å². The zero-order valence-electron chi connectivity index (χ0n) is 9.52. The molecule has 2 aromatic rings. The standard InChI is InChI=1S/C10H14N4O2/c1-4-13-9(15)7-5-11-14(6(2)3)8(7)12-10(13)16/h5-6H,4H2,1-3H3,(H,12,16). The largest absolute Gasteiger partial charge is 0.329 e. The molecule has 2 rings (SSSR count). The van der Waals surface area contributed by atoms with Crippen molar-refractivity contribution < 1.29 is 0 Å². The zero-order valence-corrected chi connectivity index (χ0v) is 9.52. The van der Waals surface area contributed by atoms with Crippen LogP contribution in [0, 0.1) is 0 Å². The number of aromatic nitrogens is 4. The van der Waals surface area contributed by atoms with Gasteiger partial charge in [-0.2, -0.15) is 5.10 Å². The van der Waals surface area contributed by atoms with Crippen molar-refractivity contribution in [3.8, 4) is 0 Å². The zero-order chi connectivity index (χ0) is 11.9. The number of rotatable bonds is 2. The van der Waals surface area contributed by atoms with Crippen molar-refractivity contribution in [2.45, 2.75) is 33.4 Å². The van der Waals surface area contributed by atoms with Gasteiger partial charge in [-0.15, -0.1) is 0 Å². The fraction of sp³-hybridized carbons (Fsp3) is 0.500. The third-order valence-corrected chi connectivity index (χ3v) is 2.55. The number of aromatic amines is 1. The van der Waals surface area contributed by atoms with Gasteiger partial charge < -0.3 is 0 Å². The lowest BCUT2D eigenvalue weighted by molar-refractivity contribution is 0.544. The van der Waals surface area contributed by atoms with E-state index in [9.17, 15) is 9.59 Å². The maximum absolute atomic E-state index is 11.9. The van der Waals surface area contributed by atoms with Crippen LogP contribution in [-0.4, -0.2) is 19.3 Å². The molecule has 16 heavy (non-hydrogen) atoms. The van der Waals surface area contributed by atoms with Crippen LogP contribution in [0.15, 0.2) is 15.8 Å². The minimum Gasteiger partial charge on any atom is -0.291 e. The Labute approximate surface area is 91.5 Å². The average molecular weight is 222 g/mol. The number of nitrogens with one attached hydrogen (secondary N) is 1. The summed E-state index contributed by atoms with van der Waals surface area (Å²) in [7, 11) is 0. The van der Waals surface area contributed by atoms with Crippen LogP contribution in [0.1, 0.15) is 26.8 Å². The van der Waals surface area contributed by atoms with Crippen molar-refractivity contribution in [3.63, 3.8) is 0 Å². The monoisotopic (exact) mass is 222 g/mol. The fourth-order valence-corrected chi connectivity index (χ4v) is 1.73. The summed E-state index contributed by atoms with van der Waals surface area (Å²) in [5.41, 5.74) is -0.176. The molecule has 0 aliphatic carbocycles. The Hall–Kier alpha value is -1.85. The normalized spacial score (nSPS) is 11.5. The second-order valence-electron chi connectivity index (χ2n) is 3.92. The van der Waals surface area contributed by atoms with Crippen molar-refractivity contribution in [1.82, 2.24) is 19.3 Å². The van der Waals surface area contributed by atoms with E-state index < -0.39 is 0 Å². The lowest BCUT2D eigenvalue weighted by Gasteiger charge is -2.07. The first kappa shape index (κ1) is 10.7. The fourth-order valence-electron chi connectivity index (χ4n) is 1.73. The van der Waals surface area contributed by atoms with E-state index in [1.807, 2.05) is 13.8 Å². The Morgan fingerprint density at radius 2 is 2.12 bits per heavy atom. The lowest BCUT2D eigenvalue weighted by Crippen LogP contribution is -2.34. The van der Waals surface area contributed by atoms with Gasteiger partial charge in [0, 0.05) is 12.6 Å². The van der Waals surface area contributed by atoms with Gasteiger partial charge in [0.1, 0.15) is 11.0 Å². The van der Waals surface area contributed by atoms with Gasteiger partial charge in [-0.3, -0.25) is 14.3 Å². The van der Waals surface area contributed by atoms with Crippen LogP contribution in [0.5, 0.6) is 0 Å². The molecule has 0 amide bonds. The van der Waals surface area contributed by atoms with Crippen molar-refractivity contribution in [2.75, 3.05) is 0 Å². The summed E-state index contributed by atoms with van der Waals surface area (Å²) < 4.78 is 2.80. The van der Waals surface area contributed by atoms with E-state index in [0.29, 0.717) is 17.6 Å². The molecule has 0 bridgehead atoms. The van der Waals surface area contributed by atoms with Crippen LogP contribution in [0.25, 0.3) is 11.0 Å². The van der Waals surface area contributed by atoms with Gasteiger partial charge in [-0.05, 0) is 20.8 Å². The van der Waals surface area contributed by atoms with E-state index in [4.69, 9.17) is 0 Å². The molecule has 0 fully saturated rings. The molecule has 0 radical (unpaired) electrons. The molecule has 0 aromatic carbocycles. The Balaban J connectivity index is 2.90. The van der Waals surface area contributed by atoms with Crippen LogP contribution in [-0.2, 0) is 6.54 Å². The highest BCUT2D eigenvalue weighted by Gasteiger charge is 2.12. The number of H-pyrrole nitrogens is 1. The first-order valence-corrected chi connectivity index (χ1v) is 5.26. The molecule has 6 nitrogen and oxygen atoms in total. The number of hydrogen-bond donors (Lipinski definition) is 1. The van der Waals surface area contributed by atoms with Gasteiger partial charge in [0.05, 0.1) is 6.20 Å². The summed E-state index contributed by atoms with van der Waals surface area (Å²) in [6.07, 6.45) is 1.50. The van der Waals surface area contributed by atoms with E-state index in [2.05, 4.69) is 10.1 Å². The molecule has 0 aliphatic heterocycles. The maximum Gasteiger partial charge on any atom is 0.329 e. The molecule has 2 heterocycles. The molecular formula is C10H14N4O2. The first-order chi connectivity index (χ1) is 7.56. The minimum atomic E-state index is -0.387. The van der Waals surface area contributed by atoms with Gasteiger partial charge in [-0.25, -0.2) is 9.48 Å². The van der Waals surface area contributed by atoms with Crippen LogP contribution < -0.4 is 11.2 Å². The van der Waals surface area contributed by atoms with Crippen molar-refractivity contribution in [2.24, 2.45) is 0 Å². The van der Waals surface area contributed by atoms with Crippen LogP contribution >= 0.6 is 0 Å². The minimum absolute atomic E-state index is 0.102. The van der Waals surface area contributed by atoms with Crippen molar-refractivity contribution in [3.05, 3.63) is 27.0 Å². The summed E-state index contributed by atoms with van der Waals surface area (Å²) in [6.45, 7) is 6.00. The Morgan fingerprint density at radius 3 is 2.69 bits per heavy atom. The molecule has 2 aromatic heterocycles. The second-order valence-corrected chi connectivity index (χ2v) is 3.92. The Morgan fingerprint density at radius 1 is 1.44 bits per heavy atom. The van der Waals surface area contributed by atoms with Crippen LogP contribution in [0.3, 0.4) is 0 Å². The second kappa shape index (κ2) is 3.62. The third kappa shape index (κ3) is 1.37. The first-order valence-electron chi connectivity index (χ1n) is 5.26. The van der Waals surface area contributed by atoms with Crippen LogP contribution in [0.2, 0.25) is 0 Å². The third-order valence-electron chi connectivity index (χ3n) is 2.55. The van der Waals surface area contributed by atoms with E-state index in [-0.39, 0.29) is 17.3 Å². The number of nitrogens with zero attached hydrogens (tertiary/aromatic N) is 3. The quantitative estimate of drug-likeness (QED) is 0.803. The van der Waals surface area contributed by atoms with Crippen LogP contribution in [0.4, 0.5) is 0 Å². The maximum atomic E-state index is 11.9. The summed E-state index contributed by atoms with van der Waals surface area (Å²) in [5, 5.41) is 4.56. The smallest absolute Gasteiger partial charge is 0.291 e. The summed E-state index contributed by atoms with van der Waals surface area (Å²) >= 11 is 0. The molecule has 0 aliphatic rings. The Kier molecular flexibility index (Phi) is 2.41. The highest BCUT2D eigenvalue weighted by molar-refractivity contribution is 5.72. The molecule has 0 unspecified atom stereocenters.